The zero-order valence-corrected chi connectivity index (χ0v) is 11.9. The molecule has 112 valence electrons. The van der Waals surface area contributed by atoms with E-state index in [9.17, 15) is 13.6 Å². The van der Waals surface area contributed by atoms with Gasteiger partial charge in [0.2, 0.25) is 5.91 Å². The maximum atomic E-state index is 13.5. The van der Waals surface area contributed by atoms with Crippen molar-refractivity contribution < 1.29 is 18.3 Å². The molecule has 1 aromatic rings. The molecular weight excluding hydrogens is 290 g/mol. The number of anilines is 1. The maximum absolute atomic E-state index is 13.5. The number of hydrogen-bond acceptors (Lipinski definition) is 3. The van der Waals surface area contributed by atoms with Gasteiger partial charge in [-0.1, -0.05) is 6.42 Å². The van der Waals surface area contributed by atoms with E-state index in [0.29, 0.717) is 0 Å². The molecule has 20 heavy (non-hydrogen) atoms. The van der Waals surface area contributed by atoms with E-state index in [1.165, 1.54) is 7.11 Å². The van der Waals surface area contributed by atoms with Gasteiger partial charge >= 0.3 is 0 Å². The second kappa shape index (κ2) is 7.40. The van der Waals surface area contributed by atoms with Gasteiger partial charge in [0.05, 0.1) is 13.2 Å². The average molecular weight is 307 g/mol. The zero-order valence-electron chi connectivity index (χ0n) is 11.0. The van der Waals surface area contributed by atoms with Crippen LogP contribution in [0.25, 0.3) is 0 Å². The molecule has 2 rings (SSSR count). The molecule has 1 aliphatic rings. The Morgan fingerprint density at radius 3 is 2.50 bits per heavy atom. The van der Waals surface area contributed by atoms with Crippen LogP contribution in [0.4, 0.5) is 14.5 Å². The van der Waals surface area contributed by atoms with Crippen molar-refractivity contribution in [1.29, 1.82) is 0 Å². The Balaban J connectivity index is 0.00000200. The Labute approximate surface area is 122 Å². The third kappa shape index (κ3) is 3.80. The molecule has 1 saturated heterocycles. The quantitative estimate of drug-likeness (QED) is 0.902. The number of piperidine rings is 1. The normalized spacial score (nSPS) is 18.1. The number of halogens is 3. The van der Waals surface area contributed by atoms with E-state index in [0.717, 1.165) is 37.9 Å². The van der Waals surface area contributed by atoms with Crippen molar-refractivity contribution in [1.82, 2.24) is 5.32 Å². The maximum Gasteiger partial charge on any atom is 0.241 e. The molecule has 0 spiro atoms. The van der Waals surface area contributed by atoms with Crippen LogP contribution >= 0.6 is 12.4 Å². The van der Waals surface area contributed by atoms with Gasteiger partial charge in [0.25, 0.3) is 0 Å². The number of benzene rings is 1. The average Bonchev–Trinajstić information content (AvgIpc) is 2.39. The van der Waals surface area contributed by atoms with Crippen LogP contribution in [0.1, 0.15) is 19.3 Å². The molecule has 2 N–H and O–H groups in total. The van der Waals surface area contributed by atoms with Gasteiger partial charge in [0.1, 0.15) is 0 Å². The lowest BCUT2D eigenvalue weighted by atomic mass is 10.0. The second-order valence-electron chi connectivity index (χ2n) is 4.46. The number of ether oxygens (including phenoxy) is 1. The smallest absolute Gasteiger partial charge is 0.241 e. The highest BCUT2D eigenvalue weighted by molar-refractivity contribution is 5.94. The zero-order chi connectivity index (χ0) is 13.8. The summed E-state index contributed by atoms with van der Waals surface area (Å²) in [5.41, 5.74) is 0.0909. The van der Waals surface area contributed by atoms with Gasteiger partial charge in [-0.15, -0.1) is 12.4 Å². The summed E-state index contributed by atoms with van der Waals surface area (Å²) in [4.78, 5) is 11.9. The summed E-state index contributed by atoms with van der Waals surface area (Å²) in [5.74, 6) is -2.40. The van der Waals surface area contributed by atoms with Crippen LogP contribution < -0.4 is 15.4 Å². The van der Waals surface area contributed by atoms with Crippen LogP contribution in [0, 0.1) is 11.6 Å². The minimum absolute atomic E-state index is 0. The Kier molecular flexibility index (Phi) is 6.16. The molecule has 1 aromatic carbocycles. The number of methoxy groups -OCH3 is 1. The monoisotopic (exact) mass is 306 g/mol. The first-order valence-electron chi connectivity index (χ1n) is 6.19. The fourth-order valence-corrected chi connectivity index (χ4v) is 2.13. The molecule has 1 amide bonds. The third-order valence-corrected chi connectivity index (χ3v) is 3.10. The van der Waals surface area contributed by atoms with Crippen LogP contribution in [0.5, 0.6) is 5.75 Å². The largest absolute Gasteiger partial charge is 0.491 e. The van der Waals surface area contributed by atoms with E-state index >= 15 is 0 Å². The molecule has 4 nitrogen and oxygen atoms in total. The number of amides is 1. The minimum Gasteiger partial charge on any atom is -0.491 e. The first-order valence-corrected chi connectivity index (χ1v) is 6.19. The van der Waals surface area contributed by atoms with Gasteiger partial charge in [0, 0.05) is 17.8 Å². The number of rotatable bonds is 3. The molecule has 7 heteroatoms. The van der Waals surface area contributed by atoms with Crippen molar-refractivity contribution in [2.75, 3.05) is 19.0 Å². The molecule has 1 fully saturated rings. The van der Waals surface area contributed by atoms with Crippen LogP contribution in [-0.4, -0.2) is 25.6 Å². The van der Waals surface area contributed by atoms with Gasteiger partial charge in [-0.2, -0.15) is 0 Å². The lowest BCUT2D eigenvalue weighted by molar-refractivity contribution is -0.118. The van der Waals surface area contributed by atoms with E-state index in [-0.39, 0.29) is 30.0 Å². The standard InChI is InChI=1S/C13H16F2N2O2.ClH/c1-19-12-9(14)6-8(7-10(12)15)17-13(18)11-4-2-3-5-16-11;/h6-7,11,16H,2-5H2,1H3,(H,17,18);1H. The van der Waals surface area contributed by atoms with E-state index in [1.807, 2.05) is 0 Å². The summed E-state index contributed by atoms with van der Waals surface area (Å²) >= 11 is 0. The van der Waals surface area contributed by atoms with Crippen LogP contribution in [0.15, 0.2) is 12.1 Å². The van der Waals surface area contributed by atoms with Crippen LogP contribution in [0.3, 0.4) is 0 Å². The van der Waals surface area contributed by atoms with E-state index in [4.69, 9.17) is 0 Å². The van der Waals surface area contributed by atoms with Crippen molar-refractivity contribution in [2.24, 2.45) is 0 Å². The highest BCUT2D eigenvalue weighted by atomic mass is 35.5. The van der Waals surface area contributed by atoms with Gasteiger partial charge < -0.3 is 15.4 Å². The third-order valence-electron chi connectivity index (χ3n) is 3.10. The number of carbonyl (C=O) groups is 1. The molecular formula is C13H17ClF2N2O2. The fraction of sp³-hybridized carbons (Fsp3) is 0.462. The highest BCUT2D eigenvalue weighted by Crippen LogP contribution is 2.25. The van der Waals surface area contributed by atoms with Gasteiger partial charge in [0.15, 0.2) is 17.4 Å². The van der Waals surface area contributed by atoms with Crippen LogP contribution in [0.2, 0.25) is 0 Å². The van der Waals surface area contributed by atoms with Crippen molar-refractivity contribution in [3.8, 4) is 5.75 Å². The second-order valence-corrected chi connectivity index (χ2v) is 4.46. The molecule has 1 heterocycles. The summed E-state index contributed by atoms with van der Waals surface area (Å²) < 4.78 is 31.5. The summed E-state index contributed by atoms with van der Waals surface area (Å²) in [7, 11) is 1.19. The topological polar surface area (TPSA) is 50.4 Å². The van der Waals surface area contributed by atoms with Crippen LogP contribution in [-0.2, 0) is 4.79 Å². The first-order chi connectivity index (χ1) is 9.11. The van der Waals surface area contributed by atoms with Gasteiger partial charge in [-0.05, 0) is 19.4 Å². The van der Waals surface area contributed by atoms with E-state index < -0.39 is 17.4 Å². The molecule has 0 bridgehead atoms. The summed E-state index contributed by atoms with van der Waals surface area (Å²) in [6, 6.07) is 1.78. The number of nitrogens with one attached hydrogen (secondary N) is 2. The minimum atomic E-state index is -0.839. The molecule has 1 aliphatic heterocycles. The highest BCUT2D eigenvalue weighted by Gasteiger charge is 2.21. The van der Waals surface area contributed by atoms with E-state index in [2.05, 4.69) is 15.4 Å². The van der Waals surface area contributed by atoms with Gasteiger partial charge in [-0.3, -0.25) is 4.79 Å². The molecule has 1 unspecified atom stereocenters. The van der Waals surface area contributed by atoms with Crippen molar-refractivity contribution in [3.63, 3.8) is 0 Å². The summed E-state index contributed by atoms with van der Waals surface area (Å²) in [5, 5.41) is 5.57. The Bertz CT molecular complexity index is 456. The Morgan fingerprint density at radius 2 is 2.00 bits per heavy atom. The lowest BCUT2D eigenvalue weighted by Crippen LogP contribution is -2.43. The van der Waals surface area contributed by atoms with Gasteiger partial charge in [-0.25, -0.2) is 8.78 Å². The summed E-state index contributed by atoms with van der Waals surface area (Å²) in [6.45, 7) is 0.781. The molecule has 1 atom stereocenters. The number of carbonyl (C=O) groups excluding carboxylic acids is 1. The predicted octanol–water partition coefficient (Wildman–Crippen LogP) is 2.48. The fourth-order valence-electron chi connectivity index (χ4n) is 2.13. The van der Waals surface area contributed by atoms with Crippen molar-refractivity contribution in [2.45, 2.75) is 25.3 Å². The number of hydrogen-bond donors (Lipinski definition) is 2. The Hall–Kier alpha value is -1.40. The molecule has 0 radical (unpaired) electrons. The summed E-state index contributed by atoms with van der Waals surface area (Å²) in [6.07, 6.45) is 2.74. The van der Waals surface area contributed by atoms with E-state index in [1.54, 1.807) is 0 Å². The molecule has 0 aliphatic carbocycles. The molecule has 0 aromatic heterocycles. The molecule has 0 saturated carbocycles. The van der Waals surface area contributed by atoms with Crippen molar-refractivity contribution in [3.05, 3.63) is 23.8 Å². The van der Waals surface area contributed by atoms with Crippen molar-refractivity contribution >= 4 is 24.0 Å². The lowest BCUT2D eigenvalue weighted by Gasteiger charge is -2.22. The Morgan fingerprint density at radius 1 is 1.35 bits per heavy atom. The predicted molar refractivity (Wildman–Crippen MR) is 74.4 cm³/mol. The first kappa shape index (κ1) is 16.7. The SMILES string of the molecule is COc1c(F)cc(NC(=O)C2CCCCN2)cc1F.Cl.